The lowest BCUT2D eigenvalue weighted by Gasteiger charge is -2.15. The normalized spacial score (nSPS) is 10.8. The molecule has 0 aromatic heterocycles. The van der Waals surface area contributed by atoms with Crippen LogP contribution in [0.3, 0.4) is 0 Å². The predicted molar refractivity (Wildman–Crippen MR) is 67.7 cm³/mol. The lowest BCUT2D eigenvalue weighted by molar-refractivity contribution is -0.120. The molecule has 1 aromatic rings. The Morgan fingerprint density at radius 2 is 1.94 bits per heavy atom. The Labute approximate surface area is 102 Å². The summed E-state index contributed by atoms with van der Waals surface area (Å²) in [5.41, 5.74) is 1.18. The largest absolute Gasteiger partial charge is 0.298 e. The van der Waals surface area contributed by atoms with Crippen molar-refractivity contribution in [3.63, 3.8) is 0 Å². The Hall–Kier alpha value is -0.860. The zero-order valence-corrected chi connectivity index (χ0v) is 10.6. The molecule has 0 fully saturated rings. The molecule has 0 atom stereocenters. The van der Waals surface area contributed by atoms with Crippen molar-refractivity contribution in [1.82, 2.24) is 4.90 Å². The SMILES string of the molecule is CCCC(=O)CN(C)Cc1ccc(Cl)cc1. The Bertz CT molecular complexity index is 334. The number of Topliss-reactive ketones (excluding diaryl/α,β-unsaturated/α-hetero) is 1. The van der Waals surface area contributed by atoms with Crippen molar-refractivity contribution in [1.29, 1.82) is 0 Å². The second kappa shape index (κ2) is 6.66. The Kier molecular flexibility index (Phi) is 5.50. The van der Waals surface area contributed by atoms with Gasteiger partial charge in [0.25, 0.3) is 0 Å². The first-order chi connectivity index (χ1) is 7.61. The number of likely N-dealkylation sites (N-methyl/N-ethyl adjacent to an activating group) is 1. The van der Waals surface area contributed by atoms with Gasteiger partial charge in [0.2, 0.25) is 0 Å². The highest BCUT2D eigenvalue weighted by Crippen LogP contribution is 2.10. The fourth-order valence-corrected chi connectivity index (χ4v) is 1.74. The van der Waals surface area contributed by atoms with E-state index < -0.39 is 0 Å². The van der Waals surface area contributed by atoms with Crippen LogP contribution < -0.4 is 0 Å². The van der Waals surface area contributed by atoms with Gasteiger partial charge in [-0.1, -0.05) is 30.7 Å². The maximum absolute atomic E-state index is 11.4. The number of ketones is 1. The third kappa shape index (κ3) is 4.77. The van der Waals surface area contributed by atoms with Crippen molar-refractivity contribution in [2.24, 2.45) is 0 Å². The molecule has 0 N–H and O–H groups in total. The molecular weight excluding hydrogens is 222 g/mol. The van der Waals surface area contributed by atoms with Crippen LogP contribution in [0.15, 0.2) is 24.3 Å². The van der Waals surface area contributed by atoms with E-state index in [9.17, 15) is 4.79 Å². The lowest BCUT2D eigenvalue weighted by Crippen LogP contribution is -2.25. The van der Waals surface area contributed by atoms with Gasteiger partial charge in [0.1, 0.15) is 5.78 Å². The predicted octanol–water partition coefficient (Wildman–Crippen LogP) is 3.14. The van der Waals surface area contributed by atoms with Gasteiger partial charge in [-0.3, -0.25) is 9.69 Å². The number of carbonyl (C=O) groups excluding carboxylic acids is 1. The van der Waals surface area contributed by atoms with Gasteiger partial charge in [-0.05, 0) is 31.2 Å². The third-order valence-corrected chi connectivity index (χ3v) is 2.59. The minimum Gasteiger partial charge on any atom is -0.298 e. The molecule has 0 spiro atoms. The van der Waals surface area contributed by atoms with Gasteiger partial charge in [0.15, 0.2) is 0 Å². The number of hydrogen-bond acceptors (Lipinski definition) is 2. The summed E-state index contributed by atoms with van der Waals surface area (Å²) >= 11 is 5.81. The topological polar surface area (TPSA) is 20.3 Å². The first-order valence-corrected chi connectivity index (χ1v) is 5.94. The molecule has 0 saturated carbocycles. The van der Waals surface area contributed by atoms with Gasteiger partial charge in [0, 0.05) is 18.0 Å². The molecule has 0 aliphatic heterocycles. The molecule has 1 rings (SSSR count). The lowest BCUT2D eigenvalue weighted by atomic mass is 10.2. The van der Waals surface area contributed by atoms with Crippen LogP contribution in [-0.4, -0.2) is 24.3 Å². The van der Waals surface area contributed by atoms with Crippen molar-refractivity contribution >= 4 is 17.4 Å². The van der Waals surface area contributed by atoms with Crippen LogP contribution >= 0.6 is 11.6 Å². The molecule has 0 heterocycles. The van der Waals surface area contributed by atoms with Crippen LogP contribution in [0.2, 0.25) is 5.02 Å². The summed E-state index contributed by atoms with van der Waals surface area (Å²) < 4.78 is 0. The summed E-state index contributed by atoms with van der Waals surface area (Å²) in [7, 11) is 1.96. The summed E-state index contributed by atoms with van der Waals surface area (Å²) in [6.07, 6.45) is 1.60. The van der Waals surface area contributed by atoms with Crippen LogP contribution in [0, 0.1) is 0 Å². The summed E-state index contributed by atoms with van der Waals surface area (Å²) in [6, 6.07) is 7.73. The summed E-state index contributed by atoms with van der Waals surface area (Å²) in [5, 5.41) is 0.744. The van der Waals surface area contributed by atoms with E-state index >= 15 is 0 Å². The molecule has 88 valence electrons. The highest BCUT2D eigenvalue weighted by molar-refractivity contribution is 6.30. The Morgan fingerprint density at radius 3 is 2.50 bits per heavy atom. The summed E-state index contributed by atoms with van der Waals surface area (Å²) in [4.78, 5) is 13.5. The standard InChI is InChI=1S/C13H18ClNO/c1-3-4-13(16)10-15(2)9-11-5-7-12(14)8-6-11/h5-8H,3-4,9-10H2,1-2H3. The number of halogens is 1. The molecular formula is C13H18ClNO. The van der Waals surface area contributed by atoms with E-state index in [0.717, 1.165) is 18.0 Å². The van der Waals surface area contributed by atoms with Gasteiger partial charge < -0.3 is 0 Å². The Balaban J connectivity index is 2.42. The number of carbonyl (C=O) groups is 1. The second-order valence-corrected chi connectivity index (χ2v) is 4.52. The molecule has 0 unspecified atom stereocenters. The molecule has 0 aliphatic carbocycles. The summed E-state index contributed by atoms with van der Waals surface area (Å²) in [6.45, 7) is 3.33. The zero-order valence-electron chi connectivity index (χ0n) is 9.87. The molecule has 3 heteroatoms. The highest BCUT2D eigenvalue weighted by Gasteiger charge is 2.06. The monoisotopic (exact) mass is 239 g/mol. The van der Waals surface area contributed by atoms with E-state index in [2.05, 4.69) is 0 Å². The third-order valence-electron chi connectivity index (χ3n) is 2.34. The zero-order chi connectivity index (χ0) is 12.0. The fourth-order valence-electron chi connectivity index (χ4n) is 1.62. The number of nitrogens with zero attached hydrogens (tertiary/aromatic N) is 1. The van der Waals surface area contributed by atoms with E-state index in [1.807, 2.05) is 43.1 Å². The number of hydrogen-bond donors (Lipinski definition) is 0. The van der Waals surface area contributed by atoms with E-state index in [0.29, 0.717) is 18.7 Å². The molecule has 1 aromatic carbocycles. The fraction of sp³-hybridized carbons (Fsp3) is 0.462. The maximum atomic E-state index is 11.4. The van der Waals surface area contributed by atoms with E-state index in [4.69, 9.17) is 11.6 Å². The van der Waals surface area contributed by atoms with Crippen molar-refractivity contribution in [2.75, 3.05) is 13.6 Å². The van der Waals surface area contributed by atoms with E-state index in [1.165, 1.54) is 5.56 Å². The molecule has 0 aliphatic rings. The quantitative estimate of drug-likeness (QED) is 0.760. The number of benzene rings is 1. The van der Waals surface area contributed by atoms with Gasteiger partial charge in [-0.15, -0.1) is 0 Å². The highest BCUT2D eigenvalue weighted by atomic mass is 35.5. The van der Waals surface area contributed by atoms with Crippen LogP contribution in [0.4, 0.5) is 0 Å². The first-order valence-electron chi connectivity index (χ1n) is 5.56. The molecule has 0 amide bonds. The minimum atomic E-state index is 0.305. The first kappa shape index (κ1) is 13.2. The molecule has 2 nitrogen and oxygen atoms in total. The van der Waals surface area contributed by atoms with Crippen LogP contribution in [-0.2, 0) is 11.3 Å². The van der Waals surface area contributed by atoms with Gasteiger partial charge in [0.05, 0.1) is 6.54 Å². The van der Waals surface area contributed by atoms with Crippen molar-refractivity contribution in [3.8, 4) is 0 Å². The van der Waals surface area contributed by atoms with Crippen LogP contribution in [0.1, 0.15) is 25.3 Å². The second-order valence-electron chi connectivity index (χ2n) is 4.09. The van der Waals surface area contributed by atoms with Gasteiger partial charge >= 0.3 is 0 Å². The number of rotatable bonds is 6. The van der Waals surface area contributed by atoms with Crippen molar-refractivity contribution in [2.45, 2.75) is 26.3 Å². The van der Waals surface area contributed by atoms with Gasteiger partial charge in [-0.25, -0.2) is 0 Å². The molecule has 0 saturated heterocycles. The van der Waals surface area contributed by atoms with Gasteiger partial charge in [-0.2, -0.15) is 0 Å². The average Bonchev–Trinajstić information content (AvgIpc) is 2.21. The van der Waals surface area contributed by atoms with E-state index in [-0.39, 0.29) is 0 Å². The molecule has 0 bridgehead atoms. The summed E-state index contributed by atoms with van der Waals surface area (Å²) in [5.74, 6) is 0.305. The minimum absolute atomic E-state index is 0.305. The van der Waals surface area contributed by atoms with E-state index in [1.54, 1.807) is 0 Å². The van der Waals surface area contributed by atoms with Crippen molar-refractivity contribution < 1.29 is 4.79 Å². The van der Waals surface area contributed by atoms with Crippen molar-refractivity contribution in [3.05, 3.63) is 34.9 Å². The van der Waals surface area contributed by atoms with Crippen LogP contribution in [0.5, 0.6) is 0 Å². The molecule has 0 radical (unpaired) electrons. The Morgan fingerprint density at radius 1 is 1.31 bits per heavy atom. The average molecular weight is 240 g/mol. The van der Waals surface area contributed by atoms with Crippen LogP contribution in [0.25, 0.3) is 0 Å². The smallest absolute Gasteiger partial charge is 0.146 e. The maximum Gasteiger partial charge on any atom is 0.146 e. The molecule has 16 heavy (non-hydrogen) atoms.